The van der Waals surface area contributed by atoms with Crippen molar-refractivity contribution in [2.45, 2.75) is 19.1 Å². The predicted octanol–water partition coefficient (Wildman–Crippen LogP) is 1.79. The van der Waals surface area contributed by atoms with E-state index in [0.29, 0.717) is 0 Å². The summed E-state index contributed by atoms with van der Waals surface area (Å²) in [6, 6.07) is 2.08. The highest BCUT2D eigenvalue weighted by atomic mass is 19.4. The molecular weight excluding hydrogens is 361 g/mol. The van der Waals surface area contributed by atoms with E-state index < -0.39 is 42.2 Å². The van der Waals surface area contributed by atoms with Gasteiger partial charge in [0.1, 0.15) is 6.54 Å². The van der Waals surface area contributed by atoms with Crippen molar-refractivity contribution in [1.82, 2.24) is 15.1 Å². The lowest BCUT2D eigenvalue weighted by Gasteiger charge is -2.37. The van der Waals surface area contributed by atoms with Gasteiger partial charge in [0.2, 0.25) is 5.91 Å². The number of amides is 2. The second-order valence-corrected chi connectivity index (χ2v) is 5.97. The lowest BCUT2D eigenvalue weighted by molar-refractivity contribution is -0.141. The van der Waals surface area contributed by atoms with Crippen LogP contribution in [0, 0.1) is 11.6 Å². The minimum atomic E-state index is -4.48. The second-order valence-electron chi connectivity index (χ2n) is 5.97. The molecule has 1 aromatic carbocycles. The number of carbonyl (C=O) groups is 2. The first-order chi connectivity index (χ1) is 12.1. The predicted molar refractivity (Wildman–Crippen MR) is 82.4 cm³/mol. The molecule has 1 heterocycles. The molecule has 1 fully saturated rings. The summed E-state index contributed by atoms with van der Waals surface area (Å²) in [5, 5.41) is 1.83. The molecule has 1 N–H and O–H groups in total. The molecule has 1 atom stereocenters. The van der Waals surface area contributed by atoms with E-state index in [-0.39, 0.29) is 31.7 Å². The zero-order valence-corrected chi connectivity index (χ0v) is 13.9. The van der Waals surface area contributed by atoms with Gasteiger partial charge in [-0.25, -0.2) is 8.78 Å². The first kappa shape index (κ1) is 20.1. The largest absolute Gasteiger partial charge is 0.405 e. The first-order valence-electron chi connectivity index (χ1n) is 7.91. The summed E-state index contributed by atoms with van der Waals surface area (Å²) in [5.41, 5.74) is 0.00770. The van der Waals surface area contributed by atoms with Gasteiger partial charge in [0.25, 0.3) is 5.91 Å². The Balaban J connectivity index is 1.88. The molecule has 10 heteroatoms. The monoisotopic (exact) mass is 379 g/mol. The molecule has 2 rings (SSSR count). The van der Waals surface area contributed by atoms with Crippen LogP contribution in [0.25, 0.3) is 0 Å². The van der Waals surface area contributed by atoms with Gasteiger partial charge in [-0.15, -0.1) is 0 Å². The van der Waals surface area contributed by atoms with Crippen LogP contribution in [0.2, 0.25) is 0 Å². The molecule has 1 unspecified atom stereocenters. The van der Waals surface area contributed by atoms with Crippen molar-refractivity contribution in [3.05, 3.63) is 35.4 Å². The maximum Gasteiger partial charge on any atom is 0.405 e. The number of halogens is 5. The fourth-order valence-electron chi connectivity index (χ4n) is 2.62. The summed E-state index contributed by atoms with van der Waals surface area (Å²) in [6.07, 6.45) is -4.48. The van der Waals surface area contributed by atoms with Gasteiger partial charge in [0, 0.05) is 31.7 Å². The summed E-state index contributed by atoms with van der Waals surface area (Å²) >= 11 is 0. The highest BCUT2D eigenvalue weighted by molar-refractivity contribution is 5.94. The maximum atomic E-state index is 13.2. The smallest absolute Gasteiger partial charge is 0.346 e. The van der Waals surface area contributed by atoms with Crippen molar-refractivity contribution < 1.29 is 31.5 Å². The number of benzene rings is 1. The van der Waals surface area contributed by atoms with Gasteiger partial charge in [-0.2, -0.15) is 13.2 Å². The summed E-state index contributed by atoms with van der Waals surface area (Å²) in [4.78, 5) is 27.2. The van der Waals surface area contributed by atoms with Crippen LogP contribution in [0.5, 0.6) is 0 Å². The highest BCUT2D eigenvalue weighted by Crippen LogP contribution is 2.15. The van der Waals surface area contributed by atoms with Crippen molar-refractivity contribution >= 4 is 11.8 Å². The second kappa shape index (κ2) is 7.98. The van der Waals surface area contributed by atoms with Gasteiger partial charge in [-0.1, -0.05) is 0 Å². The minimum Gasteiger partial charge on any atom is -0.346 e. The van der Waals surface area contributed by atoms with Gasteiger partial charge < -0.3 is 10.2 Å². The Bertz CT molecular complexity index is 672. The molecule has 1 aromatic rings. The summed E-state index contributed by atoms with van der Waals surface area (Å²) in [7, 11) is 0. The lowest BCUT2D eigenvalue weighted by atomic mass is 10.1. The number of hydrogen-bond donors (Lipinski definition) is 1. The Hall–Kier alpha value is -2.23. The number of nitrogens with zero attached hydrogens (tertiary/aromatic N) is 2. The zero-order valence-electron chi connectivity index (χ0n) is 13.9. The fraction of sp³-hybridized carbons (Fsp3) is 0.500. The molecule has 0 radical (unpaired) electrons. The topological polar surface area (TPSA) is 52.7 Å². The van der Waals surface area contributed by atoms with Crippen LogP contribution in [-0.4, -0.2) is 66.6 Å². The van der Waals surface area contributed by atoms with Crippen LogP contribution in [0.4, 0.5) is 22.0 Å². The molecular formula is C16H18F5N3O2. The van der Waals surface area contributed by atoms with Crippen molar-refractivity contribution in [2.24, 2.45) is 0 Å². The summed E-state index contributed by atoms with van der Waals surface area (Å²) in [6.45, 7) is 1.07. The standard InChI is InChI=1S/C16H18F5N3O2/c1-10(14(25)22-9-16(19,20)21)23-4-6-24(7-5-23)15(26)11-2-3-12(17)13(18)8-11/h2-3,8,10H,4-7,9H2,1H3,(H,22,25). The van der Waals surface area contributed by atoms with Gasteiger partial charge in [0.15, 0.2) is 11.6 Å². The molecule has 1 saturated heterocycles. The Morgan fingerprint density at radius 1 is 1.12 bits per heavy atom. The number of hydrogen-bond acceptors (Lipinski definition) is 3. The Kier molecular flexibility index (Phi) is 6.17. The average Bonchev–Trinajstić information content (AvgIpc) is 2.60. The number of piperazine rings is 1. The molecule has 1 aliphatic heterocycles. The quantitative estimate of drug-likeness (QED) is 0.812. The van der Waals surface area contributed by atoms with Gasteiger partial charge >= 0.3 is 6.18 Å². The van der Waals surface area contributed by atoms with E-state index >= 15 is 0 Å². The van der Waals surface area contributed by atoms with E-state index in [4.69, 9.17) is 0 Å². The lowest BCUT2D eigenvalue weighted by Crippen LogP contribution is -2.55. The molecule has 2 amide bonds. The van der Waals surface area contributed by atoms with Gasteiger partial charge in [-0.3, -0.25) is 14.5 Å². The first-order valence-corrected chi connectivity index (χ1v) is 7.91. The number of nitrogens with one attached hydrogen (secondary N) is 1. The van der Waals surface area contributed by atoms with E-state index in [0.717, 1.165) is 12.1 Å². The third-order valence-electron chi connectivity index (χ3n) is 4.16. The third kappa shape index (κ3) is 5.13. The third-order valence-corrected chi connectivity index (χ3v) is 4.16. The van der Waals surface area contributed by atoms with Crippen LogP contribution in [0.3, 0.4) is 0 Å². The Labute approximate surface area is 146 Å². The molecule has 0 saturated carbocycles. The van der Waals surface area contributed by atoms with Crippen molar-refractivity contribution in [1.29, 1.82) is 0 Å². The van der Waals surface area contributed by atoms with Crippen LogP contribution < -0.4 is 5.32 Å². The van der Waals surface area contributed by atoms with Crippen LogP contribution in [0.15, 0.2) is 18.2 Å². The van der Waals surface area contributed by atoms with Crippen molar-refractivity contribution in [3.63, 3.8) is 0 Å². The van der Waals surface area contributed by atoms with Crippen molar-refractivity contribution in [3.8, 4) is 0 Å². The van der Waals surface area contributed by atoms with Gasteiger partial charge in [0.05, 0.1) is 6.04 Å². The van der Waals surface area contributed by atoms with E-state index in [2.05, 4.69) is 0 Å². The number of alkyl halides is 3. The van der Waals surface area contributed by atoms with E-state index in [9.17, 15) is 31.5 Å². The Morgan fingerprint density at radius 2 is 1.73 bits per heavy atom. The van der Waals surface area contributed by atoms with Crippen LogP contribution in [0.1, 0.15) is 17.3 Å². The molecule has 0 aliphatic carbocycles. The normalized spacial score (nSPS) is 17.1. The SMILES string of the molecule is CC(C(=O)NCC(F)(F)F)N1CCN(C(=O)c2ccc(F)c(F)c2)CC1. The van der Waals surface area contributed by atoms with E-state index in [1.807, 2.05) is 5.32 Å². The van der Waals surface area contributed by atoms with Gasteiger partial charge in [-0.05, 0) is 25.1 Å². The summed E-state index contributed by atoms with van der Waals surface area (Å²) < 4.78 is 62.6. The van der Waals surface area contributed by atoms with Crippen LogP contribution in [-0.2, 0) is 4.79 Å². The van der Waals surface area contributed by atoms with Crippen molar-refractivity contribution in [2.75, 3.05) is 32.7 Å². The number of carbonyl (C=O) groups excluding carboxylic acids is 2. The molecule has 26 heavy (non-hydrogen) atoms. The summed E-state index contributed by atoms with van der Waals surface area (Å²) in [5.74, 6) is -3.39. The molecule has 5 nitrogen and oxygen atoms in total. The fourth-order valence-corrected chi connectivity index (χ4v) is 2.62. The maximum absolute atomic E-state index is 13.2. The van der Waals surface area contributed by atoms with E-state index in [1.165, 1.54) is 17.9 Å². The van der Waals surface area contributed by atoms with Crippen LogP contribution >= 0.6 is 0 Å². The molecule has 0 spiro atoms. The zero-order chi connectivity index (χ0) is 19.5. The molecule has 1 aliphatic rings. The van der Waals surface area contributed by atoms with E-state index in [1.54, 1.807) is 4.90 Å². The highest BCUT2D eigenvalue weighted by Gasteiger charge is 2.31. The number of rotatable bonds is 4. The average molecular weight is 379 g/mol. The molecule has 0 aromatic heterocycles. The molecule has 0 bridgehead atoms. The Morgan fingerprint density at radius 3 is 2.27 bits per heavy atom. The molecule has 144 valence electrons. The minimum absolute atomic E-state index is 0.00770.